The summed E-state index contributed by atoms with van der Waals surface area (Å²) in [6.07, 6.45) is 3.11. The van der Waals surface area contributed by atoms with Crippen LogP contribution in [0.15, 0.2) is 21.9 Å². The van der Waals surface area contributed by atoms with E-state index in [0.717, 1.165) is 12.2 Å². The van der Waals surface area contributed by atoms with E-state index in [9.17, 15) is 0 Å². The summed E-state index contributed by atoms with van der Waals surface area (Å²) in [4.78, 5) is 0. The molecular weight excluding hydrogens is 262 g/mol. The van der Waals surface area contributed by atoms with Crippen molar-refractivity contribution in [3.63, 3.8) is 0 Å². The van der Waals surface area contributed by atoms with Gasteiger partial charge in [0.15, 0.2) is 0 Å². The Hall–Kier alpha value is -0.780. The molecule has 2 aromatic heterocycles. The number of thioether (sulfide) groups is 1. The van der Waals surface area contributed by atoms with Crippen LogP contribution in [0.25, 0.3) is 0 Å². The molecule has 3 rings (SSSR count). The SMILES string of the molecule is Cc1[nH]ncc1CNC1C[C@H](C)Sc2sccc21. The topological polar surface area (TPSA) is 40.7 Å². The summed E-state index contributed by atoms with van der Waals surface area (Å²) in [5, 5.41) is 13.6. The maximum Gasteiger partial charge on any atom is 0.0649 e. The molecule has 3 heterocycles. The van der Waals surface area contributed by atoms with Crippen LogP contribution in [0.1, 0.15) is 36.2 Å². The molecule has 0 fully saturated rings. The number of aryl methyl sites for hydroxylation is 1. The molecule has 2 atom stereocenters. The predicted molar refractivity (Wildman–Crippen MR) is 77.2 cm³/mol. The fourth-order valence-corrected chi connectivity index (χ4v) is 4.90. The average molecular weight is 279 g/mol. The fraction of sp³-hybridized carbons (Fsp3) is 0.462. The Morgan fingerprint density at radius 2 is 2.44 bits per heavy atom. The maximum absolute atomic E-state index is 4.07. The quantitative estimate of drug-likeness (QED) is 0.903. The van der Waals surface area contributed by atoms with Crippen LogP contribution in [0.5, 0.6) is 0 Å². The lowest BCUT2D eigenvalue weighted by molar-refractivity contribution is 0.487. The molecule has 5 heteroatoms. The third-order valence-electron chi connectivity index (χ3n) is 3.38. The number of hydrogen-bond acceptors (Lipinski definition) is 4. The fourth-order valence-electron chi connectivity index (χ4n) is 2.33. The summed E-state index contributed by atoms with van der Waals surface area (Å²) in [7, 11) is 0. The highest BCUT2D eigenvalue weighted by molar-refractivity contribution is 8.01. The molecular formula is C13H17N3S2. The van der Waals surface area contributed by atoms with Gasteiger partial charge in [-0.2, -0.15) is 5.10 Å². The van der Waals surface area contributed by atoms with Crippen molar-refractivity contribution < 1.29 is 0 Å². The van der Waals surface area contributed by atoms with E-state index in [1.165, 1.54) is 21.8 Å². The van der Waals surface area contributed by atoms with Gasteiger partial charge in [0, 0.05) is 29.1 Å². The van der Waals surface area contributed by atoms with E-state index in [1.807, 2.05) is 29.3 Å². The number of H-pyrrole nitrogens is 1. The Labute approximate surface area is 115 Å². The first-order valence-electron chi connectivity index (χ1n) is 6.20. The maximum atomic E-state index is 4.07. The van der Waals surface area contributed by atoms with E-state index >= 15 is 0 Å². The van der Waals surface area contributed by atoms with Crippen molar-refractivity contribution in [2.75, 3.05) is 0 Å². The van der Waals surface area contributed by atoms with Crippen LogP contribution in [-0.4, -0.2) is 15.4 Å². The van der Waals surface area contributed by atoms with E-state index in [4.69, 9.17) is 0 Å². The largest absolute Gasteiger partial charge is 0.306 e. The monoisotopic (exact) mass is 279 g/mol. The molecule has 0 amide bonds. The van der Waals surface area contributed by atoms with Gasteiger partial charge in [-0.1, -0.05) is 6.92 Å². The highest BCUT2D eigenvalue weighted by Crippen LogP contribution is 2.43. The number of nitrogens with zero attached hydrogens (tertiary/aromatic N) is 1. The minimum atomic E-state index is 0.483. The van der Waals surface area contributed by atoms with Gasteiger partial charge in [0.05, 0.1) is 10.4 Å². The van der Waals surface area contributed by atoms with Gasteiger partial charge in [0.25, 0.3) is 0 Å². The lowest BCUT2D eigenvalue weighted by Gasteiger charge is -2.27. The number of nitrogens with one attached hydrogen (secondary N) is 2. The molecule has 18 heavy (non-hydrogen) atoms. The summed E-state index contributed by atoms with van der Waals surface area (Å²) in [6, 6.07) is 2.75. The molecule has 0 spiro atoms. The van der Waals surface area contributed by atoms with E-state index < -0.39 is 0 Å². The lowest BCUT2D eigenvalue weighted by Crippen LogP contribution is -2.26. The second-order valence-electron chi connectivity index (χ2n) is 4.78. The van der Waals surface area contributed by atoms with Crippen molar-refractivity contribution in [3.05, 3.63) is 34.5 Å². The zero-order chi connectivity index (χ0) is 12.5. The summed E-state index contributed by atoms with van der Waals surface area (Å²) in [5.74, 6) is 0. The number of fused-ring (bicyclic) bond motifs is 1. The van der Waals surface area contributed by atoms with Crippen molar-refractivity contribution in [1.82, 2.24) is 15.5 Å². The number of rotatable bonds is 3. The van der Waals surface area contributed by atoms with E-state index in [-0.39, 0.29) is 0 Å². The molecule has 0 aliphatic carbocycles. The van der Waals surface area contributed by atoms with Crippen molar-refractivity contribution in [2.24, 2.45) is 0 Å². The number of aromatic nitrogens is 2. The minimum absolute atomic E-state index is 0.483. The standard InChI is InChI=1S/C13H17N3S2/c1-8-5-12(11-3-4-17-13(11)18-8)14-6-10-7-15-16-9(10)2/h3-4,7-8,12,14H,5-6H2,1-2H3,(H,15,16)/t8-,12?/m0/s1. The normalized spacial score (nSPS) is 23.0. The number of aromatic amines is 1. The van der Waals surface area contributed by atoms with Crippen molar-refractivity contribution >= 4 is 23.1 Å². The molecule has 3 nitrogen and oxygen atoms in total. The van der Waals surface area contributed by atoms with Gasteiger partial charge in [0.1, 0.15) is 0 Å². The van der Waals surface area contributed by atoms with E-state index in [2.05, 4.69) is 40.8 Å². The second kappa shape index (κ2) is 5.07. The van der Waals surface area contributed by atoms with Crippen LogP contribution in [0, 0.1) is 6.92 Å². The smallest absolute Gasteiger partial charge is 0.0649 e. The van der Waals surface area contributed by atoms with Crippen LogP contribution >= 0.6 is 23.1 Å². The van der Waals surface area contributed by atoms with Gasteiger partial charge >= 0.3 is 0 Å². The molecule has 2 N–H and O–H groups in total. The van der Waals surface area contributed by atoms with Gasteiger partial charge in [-0.05, 0) is 30.4 Å². The van der Waals surface area contributed by atoms with Gasteiger partial charge in [-0.25, -0.2) is 0 Å². The van der Waals surface area contributed by atoms with Crippen LogP contribution in [0.4, 0.5) is 0 Å². The third-order valence-corrected chi connectivity index (χ3v) is 5.73. The Kier molecular flexibility index (Phi) is 3.46. The van der Waals surface area contributed by atoms with Crippen molar-refractivity contribution in [1.29, 1.82) is 0 Å². The molecule has 2 aromatic rings. The molecule has 1 aliphatic rings. The van der Waals surface area contributed by atoms with Crippen LogP contribution in [0.2, 0.25) is 0 Å². The Morgan fingerprint density at radius 3 is 3.22 bits per heavy atom. The molecule has 0 saturated heterocycles. The zero-order valence-electron chi connectivity index (χ0n) is 10.6. The first-order valence-corrected chi connectivity index (χ1v) is 7.96. The molecule has 96 valence electrons. The highest BCUT2D eigenvalue weighted by Gasteiger charge is 2.25. The van der Waals surface area contributed by atoms with Gasteiger partial charge in [-0.3, -0.25) is 5.10 Å². The van der Waals surface area contributed by atoms with Gasteiger partial charge in [0.2, 0.25) is 0 Å². The van der Waals surface area contributed by atoms with E-state index in [1.54, 1.807) is 0 Å². The second-order valence-corrected chi connectivity index (χ2v) is 7.40. The molecule has 0 radical (unpaired) electrons. The first-order chi connectivity index (χ1) is 8.74. The van der Waals surface area contributed by atoms with Gasteiger partial charge < -0.3 is 5.32 Å². The van der Waals surface area contributed by atoms with Crippen molar-refractivity contribution in [3.8, 4) is 0 Å². The molecule has 1 aliphatic heterocycles. The van der Waals surface area contributed by atoms with Crippen LogP contribution < -0.4 is 5.32 Å². The van der Waals surface area contributed by atoms with Gasteiger partial charge in [-0.15, -0.1) is 23.1 Å². The third kappa shape index (κ3) is 2.35. The highest BCUT2D eigenvalue weighted by atomic mass is 32.2. The zero-order valence-corrected chi connectivity index (χ0v) is 12.2. The Morgan fingerprint density at radius 1 is 1.56 bits per heavy atom. The summed E-state index contributed by atoms with van der Waals surface area (Å²) in [6.45, 7) is 5.27. The Bertz CT molecular complexity index is 532. The Balaban J connectivity index is 1.72. The number of thiophene rings is 1. The summed E-state index contributed by atoms with van der Waals surface area (Å²) in [5.41, 5.74) is 3.90. The molecule has 0 aromatic carbocycles. The first kappa shape index (κ1) is 12.3. The summed E-state index contributed by atoms with van der Waals surface area (Å²) < 4.78 is 1.48. The molecule has 1 unspecified atom stereocenters. The van der Waals surface area contributed by atoms with Crippen LogP contribution in [0.3, 0.4) is 0 Å². The average Bonchev–Trinajstić information content (AvgIpc) is 2.94. The molecule has 0 bridgehead atoms. The van der Waals surface area contributed by atoms with Crippen LogP contribution in [-0.2, 0) is 6.54 Å². The van der Waals surface area contributed by atoms with Crippen molar-refractivity contribution in [2.45, 2.75) is 42.3 Å². The minimum Gasteiger partial charge on any atom is -0.306 e. The number of hydrogen-bond donors (Lipinski definition) is 2. The lowest BCUT2D eigenvalue weighted by atomic mass is 10.0. The van der Waals surface area contributed by atoms with E-state index in [0.29, 0.717) is 11.3 Å². The summed E-state index contributed by atoms with van der Waals surface area (Å²) >= 11 is 3.87. The predicted octanol–water partition coefficient (Wildman–Crippen LogP) is 3.49. The molecule has 0 saturated carbocycles.